The molecule has 0 aliphatic carbocycles. The Morgan fingerprint density at radius 3 is 1.60 bits per heavy atom. The summed E-state index contributed by atoms with van der Waals surface area (Å²) in [6.07, 6.45) is 2.41. The number of carbonyl (C=O) groups excluding carboxylic acids is 3. The molecule has 0 bridgehead atoms. The molecule has 2 rings (SSSR count). The largest absolute Gasteiger partial charge is 0.508 e. The molecule has 47 heavy (non-hydrogen) atoms. The van der Waals surface area contributed by atoms with E-state index in [2.05, 4.69) is 4.76 Å². The van der Waals surface area contributed by atoms with Crippen molar-refractivity contribution in [3.8, 4) is 0 Å². The molecular weight excluding hydrogens is 633 g/mol. The number of nitrogens with zero attached hydrogens (tertiary/aromatic N) is 2. The van der Waals surface area contributed by atoms with E-state index in [1.807, 2.05) is 67.6 Å². The molecule has 0 aliphatic heterocycles. The normalized spacial score (nSPS) is 11.4. The van der Waals surface area contributed by atoms with Gasteiger partial charge in [0.2, 0.25) is 5.96 Å². The number of guanidine groups is 1. The summed E-state index contributed by atoms with van der Waals surface area (Å²) in [5.41, 5.74) is 8.19. The number of likely N-dealkylation sites (N-methyl/N-ethyl adjacent to an activating group) is 1. The predicted molar refractivity (Wildman–Crippen MR) is 174 cm³/mol. The van der Waals surface area contributed by atoms with E-state index in [1.165, 1.54) is 11.9 Å². The van der Waals surface area contributed by atoms with Crippen LogP contribution in [0.25, 0.3) is 0 Å². The van der Waals surface area contributed by atoms with Gasteiger partial charge in [-0.3, -0.25) is 13.8 Å². The Hall–Kier alpha value is -4.13. The molecule has 0 atom stereocenters. The van der Waals surface area contributed by atoms with E-state index in [0.29, 0.717) is 19.3 Å². The van der Waals surface area contributed by atoms with Crippen LogP contribution < -0.4 is 5.73 Å². The molecule has 0 aromatic heterocycles. The van der Waals surface area contributed by atoms with Crippen molar-refractivity contribution in [1.29, 1.82) is 0 Å². The van der Waals surface area contributed by atoms with Crippen LogP contribution in [0.4, 0.5) is 9.59 Å². The molecular formula is C32H46N3O11P. The first kappa shape index (κ1) is 39.1. The Balaban J connectivity index is 1.80. The Morgan fingerprint density at radius 2 is 1.13 bits per heavy atom. The van der Waals surface area contributed by atoms with Crippen molar-refractivity contribution in [1.82, 2.24) is 4.90 Å². The summed E-state index contributed by atoms with van der Waals surface area (Å²) in [6, 6.07) is 19.5. The average Bonchev–Trinajstić information content (AvgIpc) is 3.06. The Morgan fingerprint density at radius 1 is 0.681 bits per heavy atom. The van der Waals surface area contributed by atoms with Crippen molar-refractivity contribution < 1.29 is 51.7 Å². The van der Waals surface area contributed by atoms with E-state index in [4.69, 9.17) is 38.5 Å². The molecule has 0 fully saturated rings. The second-order valence-corrected chi connectivity index (χ2v) is 11.7. The van der Waals surface area contributed by atoms with Gasteiger partial charge in [-0.1, -0.05) is 74.0 Å². The van der Waals surface area contributed by atoms with Gasteiger partial charge in [-0.25, -0.2) is 14.2 Å². The van der Waals surface area contributed by atoms with Crippen LogP contribution in [-0.4, -0.2) is 89.0 Å². The molecule has 260 valence electrons. The lowest BCUT2D eigenvalue weighted by Crippen LogP contribution is -2.38. The minimum Gasteiger partial charge on any atom is -0.464 e. The highest BCUT2D eigenvalue weighted by Crippen LogP contribution is 2.49. The van der Waals surface area contributed by atoms with Crippen LogP contribution in [0.15, 0.2) is 65.4 Å². The van der Waals surface area contributed by atoms with Crippen molar-refractivity contribution in [2.24, 2.45) is 10.5 Å². The van der Waals surface area contributed by atoms with Gasteiger partial charge in [0, 0.05) is 7.05 Å². The van der Waals surface area contributed by atoms with E-state index in [0.717, 1.165) is 30.4 Å². The van der Waals surface area contributed by atoms with Crippen LogP contribution in [0.1, 0.15) is 43.7 Å². The summed E-state index contributed by atoms with van der Waals surface area (Å²) >= 11 is 0. The van der Waals surface area contributed by atoms with Gasteiger partial charge in [0.15, 0.2) is 0 Å². The maximum atomic E-state index is 13.4. The first-order valence-corrected chi connectivity index (χ1v) is 17.0. The summed E-state index contributed by atoms with van der Waals surface area (Å²) < 4.78 is 53.0. The van der Waals surface area contributed by atoms with Crippen molar-refractivity contribution >= 4 is 32.0 Å². The van der Waals surface area contributed by atoms with Crippen LogP contribution in [0, 0.1) is 0 Å². The van der Waals surface area contributed by atoms with Crippen molar-refractivity contribution in [3.05, 3.63) is 71.8 Å². The molecule has 0 radical (unpaired) electrons. The molecule has 2 aromatic carbocycles. The van der Waals surface area contributed by atoms with Gasteiger partial charge in [-0.2, -0.15) is 0 Å². The molecule has 0 spiro atoms. The second-order valence-electron chi connectivity index (χ2n) is 10.1. The lowest BCUT2D eigenvalue weighted by atomic mass is 10.1. The lowest BCUT2D eigenvalue weighted by Gasteiger charge is -2.20. The van der Waals surface area contributed by atoms with E-state index >= 15 is 0 Å². The molecule has 2 aromatic rings. The van der Waals surface area contributed by atoms with E-state index in [1.54, 1.807) is 0 Å². The number of ether oxygens (including phenoxy) is 5. The fourth-order valence-corrected chi connectivity index (χ4v) is 4.94. The van der Waals surface area contributed by atoms with E-state index in [9.17, 15) is 18.9 Å². The maximum absolute atomic E-state index is 13.4. The Labute approximate surface area is 276 Å². The molecule has 0 aliphatic rings. The summed E-state index contributed by atoms with van der Waals surface area (Å²) in [6.45, 7) is 0.829. The number of hydrogen-bond donors (Lipinski definition) is 1. The predicted octanol–water partition coefficient (Wildman–Crippen LogP) is 5.29. The zero-order valence-electron chi connectivity index (χ0n) is 27.1. The van der Waals surface area contributed by atoms with Crippen LogP contribution in [0.3, 0.4) is 0 Å². The quantitative estimate of drug-likeness (QED) is 0.0425. The number of aryl methyl sites for hydroxylation is 2. The molecule has 0 amide bonds. The third-order valence-electron chi connectivity index (χ3n) is 6.20. The van der Waals surface area contributed by atoms with Crippen molar-refractivity contribution in [2.45, 2.75) is 45.4 Å². The van der Waals surface area contributed by atoms with Gasteiger partial charge in [0.05, 0.1) is 33.0 Å². The first-order valence-electron chi connectivity index (χ1n) is 15.5. The third-order valence-corrected chi connectivity index (χ3v) is 7.67. The Kier molecular flexibility index (Phi) is 19.3. The maximum Gasteiger partial charge on any atom is 0.508 e. The minimum atomic E-state index is -4.33. The summed E-state index contributed by atoms with van der Waals surface area (Å²) in [4.78, 5) is 37.1. The molecule has 2 N–H and O–H groups in total. The molecule has 0 unspecified atom stereocenters. The smallest absolute Gasteiger partial charge is 0.464 e. The van der Waals surface area contributed by atoms with Crippen LogP contribution in [0.5, 0.6) is 0 Å². The fraction of sp³-hybridized carbons (Fsp3) is 0.500. The van der Waals surface area contributed by atoms with E-state index in [-0.39, 0.29) is 58.8 Å². The van der Waals surface area contributed by atoms with Gasteiger partial charge in [-0.15, -0.1) is 4.76 Å². The zero-order chi connectivity index (χ0) is 34.2. The monoisotopic (exact) mass is 679 g/mol. The zero-order valence-corrected chi connectivity index (χ0v) is 28.0. The van der Waals surface area contributed by atoms with Gasteiger partial charge < -0.3 is 34.3 Å². The number of rotatable bonds is 22. The molecule has 0 saturated carbocycles. The highest BCUT2D eigenvalue weighted by molar-refractivity contribution is 7.52. The SMILES string of the molecule is CCCCOC(=O)CN(C)C(N)=NP(=O)(OCCOC(=O)OCCCc1ccccc1)OCCOC(=O)OCCCc1ccccc1. The summed E-state index contributed by atoms with van der Waals surface area (Å²) in [5, 5.41) is 0. The first-order chi connectivity index (χ1) is 22.7. The molecule has 15 heteroatoms. The van der Waals surface area contributed by atoms with Crippen LogP contribution in [0.2, 0.25) is 0 Å². The second kappa shape index (κ2) is 23.2. The Bertz CT molecular complexity index is 1190. The average molecular weight is 680 g/mol. The summed E-state index contributed by atoms with van der Waals surface area (Å²) in [5.74, 6) is -0.889. The van der Waals surface area contributed by atoms with Crippen LogP contribution >= 0.6 is 7.75 Å². The van der Waals surface area contributed by atoms with Gasteiger partial charge in [-0.05, 0) is 43.2 Å². The van der Waals surface area contributed by atoms with E-state index < -0.39 is 26.0 Å². The number of hydrogen-bond acceptors (Lipinski definition) is 11. The number of esters is 1. The number of nitrogens with two attached hydrogens (primary N) is 1. The van der Waals surface area contributed by atoms with Crippen molar-refractivity contribution in [3.63, 3.8) is 0 Å². The van der Waals surface area contributed by atoms with Crippen molar-refractivity contribution in [2.75, 3.05) is 59.8 Å². The van der Waals surface area contributed by atoms with Gasteiger partial charge in [0.25, 0.3) is 0 Å². The third kappa shape index (κ3) is 18.6. The highest BCUT2D eigenvalue weighted by Gasteiger charge is 2.27. The van der Waals surface area contributed by atoms with Gasteiger partial charge in [0.1, 0.15) is 19.8 Å². The lowest BCUT2D eigenvalue weighted by molar-refractivity contribution is -0.143. The molecule has 0 heterocycles. The molecule has 0 saturated heterocycles. The standard InChI is InChI=1S/C32H46N3O11P/c1-3-4-19-40-29(36)26-35(2)30(33)34-47(39,45-24-22-43-31(37)41-20-11-17-27-13-7-5-8-14-27)46-25-23-44-32(38)42-21-12-18-28-15-9-6-10-16-28/h5-10,13-16H,3-4,11-12,17-26H2,1-2H3,(H2,33,34,39). The minimum absolute atomic E-state index is 0.152. The number of benzene rings is 2. The number of carbonyl (C=O) groups is 3. The molecule has 14 nitrogen and oxygen atoms in total. The summed E-state index contributed by atoms with van der Waals surface area (Å²) in [7, 11) is -2.89. The fourth-order valence-electron chi connectivity index (χ4n) is 3.74. The topological polar surface area (TPSA) is 175 Å². The highest BCUT2D eigenvalue weighted by atomic mass is 31.2. The van der Waals surface area contributed by atoms with Crippen LogP contribution in [-0.2, 0) is 54.9 Å². The number of unbranched alkanes of at least 4 members (excludes halogenated alkanes) is 1. The van der Waals surface area contributed by atoms with Gasteiger partial charge >= 0.3 is 26.0 Å².